The number of hydrogen-bond acceptors (Lipinski definition) is 8. The molecule has 0 spiro atoms. The number of aliphatic hydroxyl groups excluding tert-OH is 1. The number of nitrogens with zero attached hydrogens (tertiary/aromatic N) is 3. The van der Waals surface area contributed by atoms with Gasteiger partial charge in [-0.25, -0.2) is 0 Å². The van der Waals surface area contributed by atoms with Crippen molar-refractivity contribution in [2.75, 3.05) is 57.2 Å². The monoisotopic (exact) mass is 503 g/mol. The molecule has 2 saturated heterocycles. The summed E-state index contributed by atoms with van der Waals surface area (Å²) in [6.45, 7) is 3.77. The Balaban J connectivity index is 1.60. The zero-order valence-electron chi connectivity index (χ0n) is 21.0. The normalized spacial score (nSPS) is 19.9. The summed E-state index contributed by atoms with van der Waals surface area (Å²) in [4.78, 5) is 32.7. The van der Waals surface area contributed by atoms with Crippen molar-refractivity contribution in [3.8, 4) is 11.5 Å². The molecule has 37 heavy (non-hydrogen) atoms. The third kappa shape index (κ3) is 4.31. The van der Waals surface area contributed by atoms with E-state index in [1.165, 1.54) is 25.4 Å². The van der Waals surface area contributed by atoms with Crippen molar-refractivity contribution in [2.45, 2.75) is 6.04 Å². The van der Waals surface area contributed by atoms with Crippen LogP contribution in [-0.4, -0.2) is 69.1 Å². The van der Waals surface area contributed by atoms with Crippen LogP contribution in [0.25, 0.3) is 5.76 Å². The second kappa shape index (κ2) is 10.0. The molecule has 0 bridgehead atoms. The van der Waals surface area contributed by atoms with Gasteiger partial charge in [-0.1, -0.05) is 6.07 Å². The smallest absolute Gasteiger partial charge is 0.300 e. The van der Waals surface area contributed by atoms with Crippen LogP contribution in [-0.2, 0) is 9.59 Å². The molecule has 1 aromatic heterocycles. The summed E-state index contributed by atoms with van der Waals surface area (Å²) in [5.41, 5.74) is 1.65. The molecule has 1 unspecified atom stereocenters. The lowest BCUT2D eigenvalue weighted by Gasteiger charge is -2.34. The van der Waals surface area contributed by atoms with Gasteiger partial charge in [0.25, 0.3) is 11.7 Å². The number of rotatable bonds is 6. The molecule has 1 amide bonds. The molecule has 0 saturated carbocycles. The Morgan fingerprint density at radius 3 is 2.08 bits per heavy atom. The lowest BCUT2D eigenvalue weighted by molar-refractivity contribution is -0.132. The van der Waals surface area contributed by atoms with Gasteiger partial charge in [0.15, 0.2) is 0 Å². The highest BCUT2D eigenvalue weighted by atomic mass is 16.5. The first kappa shape index (κ1) is 24.5. The summed E-state index contributed by atoms with van der Waals surface area (Å²) in [7, 11) is 5.01. The third-order valence-electron chi connectivity index (χ3n) is 6.92. The van der Waals surface area contributed by atoms with E-state index in [4.69, 9.17) is 13.9 Å². The number of likely N-dealkylation sites (N-methyl/N-ethyl adjacent to an activating group) is 1. The first-order valence-corrected chi connectivity index (χ1v) is 12.0. The second-order valence-electron chi connectivity index (χ2n) is 9.03. The van der Waals surface area contributed by atoms with Crippen molar-refractivity contribution >= 4 is 28.8 Å². The molecule has 2 fully saturated rings. The zero-order chi connectivity index (χ0) is 26.1. The minimum atomic E-state index is -0.973. The molecule has 9 heteroatoms. The van der Waals surface area contributed by atoms with Crippen LogP contribution >= 0.6 is 0 Å². The highest BCUT2D eigenvalue weighted by Gasteiger charge is 2.48. The van der Waals surface area contributed by atoms with Gasteiger partial charge in [-0.05, 0) is 55.6 Å². The summed E-state index contributed by atoms with van der Waals surface area (Å²) in [5, 5.41) is 11.5. The number of piperazine rings is 1. The Kier molecular flexibility index (Phi) is 6.62. The molecule has 1 N–H and O–H groups in total. The van der Waals surface area contributed by atoms with E-state index in [1.807, 2.05) is 24.3 Å². The Hall–Kier alpha value is -4.24. The van der Waals surface area contributed by atoms with E-state index < -0.39 is 23.5 Å². The number of hydrogen-bond donors (Lipinski definition) is 1. The number of carbonyl (C=O) groups excluding carboxylic acids is 2. The molecule has 192 valence electrons. The van der Waals surface area contributed by atoms with Gasteiger partial charge in [-0.15, -0.1) is 0 Å². The summed E-state index contributed by atoms with van der Waals surface area (Å²) in [6.07, 6.45) is 1.47. The van der Waals surface area contributed by atoms with Crippen molar-refractivity contribution < 1.29 is 28.6 Å². The summed E-state index contributed by atoms with van der Waals surface area (Å²) < 4.78 is 16.5. The molecule has 3 heterocycles. The molecule has 2 aliphatic heterocycles. The number of anilines is 2. The molecule has 5 rings (SSSR count). The standard InChI is InChI=1S/C28H29N3O6/c1-29-13-15-30(16-14-29)18-9-11-19(12-10-18)31-25(22-8-5-17-37-22)24(27(33)28(31)34)26(32)23-20(35-2)6-4-7-21(23)36-3/h4-12,17,25,32H,13-16H2,1-3H3/b26-24+. The van der Waals surface area contributed by atoms with Gasteiger partial charge in [0.1, 0.15) is 34.6 Å². The van der Waals surface area contributed by atoms with E-state index in [9.17, 15) is 14.7 Å². The zero-order valence-corrected chi connectivity index (χ0v) is 21.0. The Morgan fingerprint density at radius 1 is 0.892 bits per heavy atom. The summed E-state index contributed by atoms with van der Waals surface area (Å²) >= 11 is 0. The van der Waals surface area contributed by atoms with Crippen LogP contribution < -0.4 is 19.3 Å². The largest absolute Gasteiger partial charge is 0.506 e. The van der Waals surface area contributed by atoms with E-state index in [-0.39, 0.29) is 11.1 Å². The molecule has 2 aromatic carbocycles. The van der Waals surface area contributed by atoms with Crippen molar-refractivity contribution in [3.05, 3.63) is 77.8 Å². The number of ether oxygens (including phenoxy) is 2. The van der Waals surface area contributed by atoms with Crippen LogP contribution in [0.3, 0.4) is 0 Å². The fourth-order valence-electron chi connectivity index (χ4n) is 4.92. The maximum absolute atomic E-state index is 13.4. The molecule has 3 aromatic rings. The number of methoxy groups -OCH3 is 2. The van der Waals surface area contributed by atoms with Gasteiger partial charge < -0.3 is 28.8 Å². The first-order chi connectivity index (χ1) is 17.9. The van der Waals surface area contributed by atoms with Gasteiger partial charge in [0.05, 0.1) is 26.1 Å². The molecule has 2 aliphatic rings. The quantitative estimate of drug-likeness (QED) is 0.309. The lowest BCUT2D eigenvalue weighted by Crippen LogP contribution is -2.44. The van der Waals surface area contributed by atoms with Crippen LogP contribution in [0.4, 0.5) is 11.4 Å². The third-order valence-corrected chi connectivity index (χ3v) is 6.92. The Bertz CT molecular complexity index is 1300. The van der Waals surface area contributed by atoms with Crippen LogP contribution in [0, 0.1) is 0 Å². The molecular weight excluding hydrogens is 474 g/mol. The SMILES string of the molecule is COc1cccc(OC)c1/C(O)=C1\C(=O)C(=O)N(c2ccc(N3CCN(C)CC3)cc2)C1c1ccco1. The van der Waals surface area contributed by atoms with E-state index in [0.29, 0.717) is 22.9 Å². The van der Waals surface area contributed by atoms with E-state index in [2.05, 4.69) is 16.8 Å². The molecule has 9 nitrogen and oxygen atoms in total. The maximum Gasteiger partial charge on any atom is 0.300 e. The van der Waals surface area contributed by atoms with Gasteiger partial charge in [0, 0.05) is 37.6 Å². The number of Topliss-reactive ketones (excluding diaryl/α,β-unsaturated/α-hetero) is 1. The van der Waals surface area contributed by atoms with E-state index >= 15 is 0 Å². The van der Waals surface area contributed by atoms with Crippen LogP contribution in [0.1, 0.15) is 17.4 Å². The van der Waals surface area contributed by atoms with Crippen LogP contribution in [0.2, 0.25) is 0 Å². The molecular formula is C28H29N3O6. The van der Waals surface area contributed by atoms with Gasteiger partial charge in [-0.3, -0.25) is 14.5 Å². The van der Waals surface area contributed by atoms with Crippen molar-refractivity contribution in [1.29, 1.82) is 0 Å². The summed E-state index contributed by atoms with van der Waals surface area (Å²) in [6, 6.07) is 14.9. The number of aliphatic hydroxyl groups is 1. The number of furan rings is 1. The van der Waals surface area contributed by atoms with Crippen LogP contribution in [0.5, 0.6) is 11.5 Å². The van der Waals surface area contributed by atoms with Crippen molar-refractivity contribution in [3.63, 3.8) is 0 Å². The summed E-state index contributed by atoms with van der Waals surface area (Å²) in [5.74, 6) is -1.03. The predicted molar refractivity (Wildman–Crippen MR) is 139 cm³/mol. The van der Waals surface area contributed by atoms with Gasteiger partial charge in [-0.2, -0.15) is 0 Å². The minimum absolute atomic E-state index is 0.106. The highest BCUT2D eigenvalue weighted by Crippen LogP contribution is 2.45. The average molecular weight is 504 g/mol. The number of ketones is 1. The van der Waals surface area contributed by atoms with Crippen LogP contribution in [0.15, 0.2) is 70.9 Å². The van der Waals surface area contributed by atoms with Gasteiger partial charge >= 0.3 is 0 Å². The minimum Gasteiger partial charge on any atom is -0.506 e. The van der Waals surface area contributed by atoms with E-state index in [0.717, 1.165) is 31.9 Å². The van der Waals surface area contributed by atoms with E-state index in [1.54, 1.807) is 30.3 Å². The molecule has 0 radical (unpaired) electrons. The molecule has 1 atom stereocenters. The topological polar surface area (TPSA) is 95.7 Å². The fraction of sp³-hybridized carbons (Fsp3) is 0.286. The van der Waals surface area contributed by atoms with Crippen molar-refractivity contribution in [1.82, 2.24) is 4.90 Å². The second-order valence-corrected chi connectivity index (χ2v) is 9.03. The highest BCUT2D eigenvalue weighted by molar-refractivity contribution is 6.51. The maximum atomic E-state index is 13.4. The molecule has 0 aliphatic carbocycles. The Labute approximate surface area is 215 Å². The average Bonchev–Trinajstić information content (AvgIpc) is 3.55. The lowest BCUT2D eigenvalue weighted by atomic mass is 9.98. The number of benzene rings is 2. The fourth-order valence-corrected chi connectivity index (χ4v) is 4.92. The number of amides is 1. The van der Waals surface area contributed by atoms with Gasteiger partial charge in [0.2, 0.25) is 0 Å². The van der Waals surface area contributed by atoms with Crippen molar-refractivity contribution in [2.24, 2.45) is 0 Å². The predicted octanol–water partition coefficient (Wildman–Crippen LogP) is 3.67. The first-order valence-electron chi connectivity index (χ1n) is 12.0. The Morgan fingerprint density at radius 2 is 1.51 bits per heavy atom. The number of carbonyl (C=O) groups is 2.